The average Bonchev–Trinajstić information content (AvgIpc) is 3.64. The zero-order valence-corrected chi connectivity index (χ0v) is 23.9. The highest BCUT2D eigenvalue weighted by Gasteiger charge is 2.31. The van der Waals surface area contributed by atoms with Gasteiger partial charge in [0.05, 0.1) is 23.7 Å². The number of imidazole rings is 1. The molecule has 1 unspecified atom stereocenters. The van der Waals surface area contributed by atoms with Crippen molar-refractivity contribution >= 4 is 26.8 Å². The van der Waals surface area contributed by atoms with Crippen LogP contribution in [0.2, 0.25) is 0 Å². The molecule has 1 aliphatic heterocycles. The van der Waals surface area contributed by atoms with Gasteiger partial charge in [-0.15, -0.1) is 10.2 Å². The van der Waals surface area contributed by atoms with E-state index < -0.39 is 10.0 Å². The Balaban J connectivity index is 1.59. The first kappa shape index (κ1) is 28.2. The van der Waals surface area contributed by atoms with Crippen LogP contribution in [0.3, 0.4) is 0 Å². The third kappa shape index (κ3) is 5.11. The molecule has 14 heteroatoms. The van der Waals surface area contributed by atoms with Gasteiger partial charge in [0.2, 0.25) is 10.0 Å². The molecule has 3 aromatic heterocycles. The molecule has 1 aliphatic rings. The fourth-order valence-corrected chi connectivity index (χ4v) is 6.42. The molecule has 216 valence electrons. The molecule has 0 bridgehead atoms. The molecule has 4 heterocycles. The van der Waals surface area contributed by atoms with E-state index in [1.54, 1.807) is 22.8 Å². The van der Waals surface area contributed by atoms with E-state index in [0.717, 1.165) is 19.3 Å². The molecule has 0 radical (unpaired) electrons. The number of hydrogen-bond donors (Lipinski definition) is 2. The zero-order chi connectivity index (χ0) is 28.4. The summed E-state index contributed by atoms with van der Waals surface area (Å²) in [5, 5.41) is 17.5. The number of hydrogen-bond acceptors (Lipinski definition) is 9. The number of benzene rings is 1. The molecule has 0 aliphatic carbocycles. The maximum atomic E-state index is 13.7. The molecule has 1 fully saturated rings. The summed E-state index contributed by atoms with van der Waals surface area (Å²) in [6.07, 6.45) is 3.83. The van der Waals surface area contributed by atoms with Crippen molar-refractivity contribution in [2.75, 3.05) is 39.4 Å². The summed E-state index contributed by atoms with van der Waals surface area (Å²) in [5.41, 5.74) is 1.50. The van der Waals surface area contributed by atoms with Crippen LogP contribution in [-0.4, -0.2) is 97.3 Å². The fourth-order valence-electron chi connectivity index (χ4n) is 4.97. The summed E-state index contributed by atoms with van der Waals surface area (Å²) < 4.78 is 37.8. The molecule has 1 atom stereocenters. The summed E-state index contributed by atoms with van der Waals surface area (Å²) in [5.74, 6) is 0.863. The maximum Gasteiger partial charge on any atom is 0.336 e. The van der Waals surface area contributed by atoms with Crippen LogP contribution in [0.1, 0.15) is 40.0 Å². The topological polar surface area (TPSA) is 151 Å². The molecule has 5 rings (SSSR count). The van der Waals surface area contributed by atoms with E-state index >= 15 is 0 Å². The van der Waals surface area contributed by atoms with Gasteiger partial charge in [-0.25, -0.2) is 22.6 Å². The van der Waals surface area contributed by atoms with Gasteiger partial charge in [0.25, 0.3) is 0 Å². The van der Waals surface area contributed by atoms with Gasteiger partial charge in [0, 0.05) is 38.8 Å². The van der Waals surface area contributed by atoms with Gasteiger partial charge in [-0.05, 0) is 38.0 Å². The van der Waals surface area contributed by atoms with Crippen molar-refractivity contribution in [3.63, 3.8) is 0 Å². The molecular formula is C26H36N8O5S. The Bertz CT molecular complexity index is 1650. The number of piperazine rings is 1. The largest absolute Gasteiger partial charge is 0.493 e. The van der Waals surface area contributed by atoms with E-state index in [1.807, 2.05) is 20.8 Å². The molecule has 4 aromatic rings. The SMILES string of the molecule is CCCCn1c(=O)n2cnnc2c2[nH]c(-c3cc(S(=O)(=O)N4CCN(C(C)CO)CC4)ccc3OCCC)nc21. The van der Waals surface area contributed by atoms with Crippen LogP contribution >= 0.6 is 0 Å². The van der Waals surface area contributed by atoms with Crippen LogP contribution in [0.15, 0.2) is 34.2 Å². The lowest BCUT2D eigenvalue weighted by Gasteiger charge is -2.36. The molecule has 1 aromatic carbocycles. The third-order valence-electron chi connectivity index (χ3n) is 7.35. The smallest absolute Gasteiger partial charge is 0.336 e. The summed E-state index contributed by atoms with van der Waals surface area (Å²) in [6, 6.07) is 4.77. The Morgan fingerprint density at radius 1 is 1.12 bits per heavy atom. The first-order valence-electron chi connectivity index (χ1n) is 13.7. The van der Waals surface area contributed by atoms with E-state index in [1.165, 1.54) is 15.0 Å². The molecule has 0 spiro atoms. The average molecular weight is 573 g/mol. The van der Waals surface area contributed by atoms with Crippen molar-refractivity contribution in [3.8, 4) is 17.1 Å². The number of fused-ring (bicyclic) bond motifs is 3. The van der Waals surface area contributed by atoms with E-state index in [0.29, 0.717) is 73.3 Å². The van der Waals surface area contributed by atoms with Gasteiger partial charge in [-0.1, -0.05) is 20.3 Å². The van der Waals surface area contributed by atoms with E-state index in [4.69, 9.17) is 9.72 Å². The fraction of sp³-hybridized carbons (Fsp3) is 0.538. The van der Waals surface area contributed by atoms with E-state index in [9.17, 15) is 18.3 Å². The Kier molecular flexibility index (Phi) is 8.21. The predicted octanol–water partition coefficient (Wildman–Crippen LogP) is 1.71. The van der Waals surface area contributed by atoms with Gasteiger partial charge in [-0.3, -0.25) is 9.47 Å². The molecule has 0 saturated carbocycles. The van der Waals surface area contributed by atoms with Crippen LogP contribution in [0, 0.1) is 0 Å². The highest BCUT2D eigenvalue weighted by Crippen LogP contribution is 2.34. The number of aliphatic hydroxyl groups excluding tert-OH is 1. The van der Waals surface area contributed by atoms with Gasteiger partial charge < -0.3 is 14.8 Å². The standard InChI is InChI=1S/C26H36N8O5S/c1-4-6-9-33-24-22(25-30-27-17-34(25)26(33)36)28-23(29-24)20-15-19(7-8-21(20)39-14-5-2)40(37,38)32-12-10-31(11-13-32)18(3)16-35/h7-8,15,17-18,35H,4-6,9-14,16H2,1-3H3,(H,28,29). The summed E-state index contributed by atoms with van der Waals surface area (Å²) >= 11 is 0. The minimum Gasteiger partial charge on any atom is -0.493 e. The van der Waals surface area contributed by atoms with Crippen molar-refractivity contribution in [1.82, 2.24) is 38.3 Å². The lowest BCUT2D eigenvalue weighted by atomic mass is 10.2. The first-order chi connectivity index (χ1) is 19.3. The highest BCUT2D eigenvalue weighted by molar-refractivity contribution is 7.89. The van der Waals surface area contributed by atoms with Crippen molar-refractivity contribution in [2.24, 2.45) is 0 Å². The number of nitrogens with zero attached hydrogens (tertiary/aromatic N) is 7. The number of H-pyrrole nitrogens is 1. The van der Waals surface area contributed by atoms with E-state index in [2.05, 4.69) is 20.1 Å². The number of nitrogens with one attached hydrogen (secondary N) is 1. The number of aromatic nitrogens is 6. The van der Waals surface area contributed by atoms with Crippen molar-refractivity contribution in [2.45, 2.75) is 57.5 Å². The lowest BCUT2D eigenvalue weighted by molar-refractivity contribution is 0.100. The molecule has 2 N–H and O–H groups in total. The van der Waals surface area contributed by atoms with Crippen molar-refractivity contribution in [3.05, 3.63) is 35.0 Å². The van der Waals surface area contributed by atoms with Crippen molar-refractivity contribution < 1.29 is 18.3 Å². The predicted molar refractivity (Wildman–Crippen MR) is 150 cm³/mol. The number of ether oxygens (including phenoxy) is 1. The Morgan fingerprint density at radius 3 is 2.60 bits per heavy atom. The number of aryl methyl sites for hydroxylation is 1. The quantitative estimate of drug-likeness (QED) is 0.274. The Morgan fingerprint density at radius 2 is 1.90 bits per heavy atom. The Hall–Kier alpha value is -3.33. The van der Waals surface area contributed by atoms with Crippen LogP contribution < -0.4 is 10.4 Å². The van der Waals surface area contributed by atoms with Gasteiger partial charge >= 0.3 is 5.69 Å². The molecule has 1 saturated heterocycles. The number of rotatable bonds is 11. The first-order valence-corrected chi connectivity index (χ1v) is 15.2. The maximum absolute atomic E-state index is 13.7. The second-order valence-electron chi connectivity index (χ2n) is 10.1. The number of unbranched alkanes of at least 4 members (excludes halogenated alkanes) is 1. The van der Waals surface area contributed by atoms with Gasteiger partial charge in [0.1, 0.15) is 23.4 Å². The van der Waals surface area contributed by atoms with Crippen molar-refractivity contribution in [1.29, 1.82) is 0 Å². The van der Waals surface area contributed by atoms with Gasteiger partial charge in [0.15, 0.2) is 11.3 Å². The van der Waals surface area contributed by atoms with Gasteiger partial charge in [-0.2, -0.15) is 4.31 Å². The normalized spacial score (nSPS) is 16.2. The lowest BCUT2D eigenvalue weighted by Crippen LogP contribution is -2.52. The number of aliphatic hydroxyl groups is 1. The highest BCUT2D eigenvalue weighted by atomic mass is 32.2. The minimum atomic E-state index is -3.80. The minimum absolute atomic E-state index is 0.0222. The van der Waals surface area contributed by atoms with Crippen LogP contribution in [-0.2, 0) is 16.6 Å². The summed E-state index contributed by atoms with van der Waals surface area (Å²) in [6.45, 7) is 8.64. The second kappa shape index (κ2) is 11.6. The zero-order valence-electron chi connectivity index (χ0n) is 23.1. The monoisotopic (exact) mass is 572 g/mol. The number of sulfonamides is 1. The van der Waals surface area contributed by atoms with E-state index in [-0.39, 0.29) is 23.2 Å². The van der Waals surface area contributed by atoms with Crippen LogP contribution in [0.25, 0.3) is 28.2 Å². The molecular weight excluding hydrogens is 536 g/mol. The summed E-state index contributed by atoms with van der Waals surface area (Å²) in [4.78, 5) is 23.4. The van der Waals surface area contributed by atoms with Crippen LogP contribution in [0.5, 0.6) is 5.75 Å². The molecule has 0 amide bonds. The summed E-state index contributed by atoms with van der Waals surface area (Å²) in [7, 11) is -3.80. The Labute approximate surface area is 232 Å². The number of aromatic amines is 1. The third-order valence-corrected chi connectivity index (χ3v) is 9.25. The van der Waals surface area contributed by atoms with Crippen LogP contribution in [0.4, 0.5) is 0 Å². The molecule has 13 nitrogen and oxygen atoms in total. The second-order valence-corrected chi connectivity index (χ2v) is 12.0. The molecule has 40 heavy (non-hydrogen) atoms.